The molecule has 0 saturated heterocycles. The van der Waals surface area contributed by atoms with Crippen molar-refractivity contribution in [2.45, 2.75) is 13.5 Å². The topological polar surface area (TPSA) is 86.3 Å². The zero-order valence-corrected chi connectivity index (χ0v) is 13.6. The number of aromatic amines is 1. The van der Waals surface area contributed by atoms with Gasteiger partial charge in [0.25, 0.3) is 0 Å². The monoisotopic (exact) mass is 327 g/mol. The molecule has 24 heavy (non-hydrogen) atoms. The van der Waals surface area contributed by atoms with E-state index in [-0.39, 0.29) is 6.61 Å². The number of aromatic nitrogens is 3. The average Bonchev–Trinajstić information content (AvgIpc) is 3.07. The maximum atomic E-state index is 12.3. The maximum absolute atomic E-state index is 12.3. The van der Waals surface area contributed by atoms with Crippen LogP contribution in [0.25, 0.3) is 11.0 Å². The van der Waals surface area contributed by atoms with Crippen LogP contribution in [0.4, 0.5) is 0 Å². The van der Waals surface area contributed by atoms with Gasteiger partial charge in [-0.1, -0.05) is 6.07 Å². The number of benzene rings is 2. The van der Waals surface area contributed by atoms with Gasteiger partial charge in [-0.05, 0) is 36.8 Å². The van der Waals surface area contributed by atoms with Crippen molar-refractivity contribution in [2.24, 2.45) is 0 Å². The summed E-state index contributed by atoms with van der Waals surface area (Å²) in [6, 6.07) is 8.76. The van der Waals surface area contributed by atoms with Gasteiger partial charge in [0.05, 0.1) is 19.8 Å². The fraction of sp³-hybridized carbons (Fsp3) is 0.235. The van der Waals surface area contributed by atoms with Crippen LogP contribution in [0.15, 0.2) is 30.3 Å². The highest BCUT2D eigenvalue weighted by Crippen LogP contribution is 2.29. The predicted molar refractivity (Wildman–Crippen MR) is 87.3 cm³/mol. The largest absolute Gasteiger partial charge is 0.496 e. The summed E-state index contributed by atoms with van der Waals surface area (Å²) in [6.45, 7) is 2.00. The number of hydrogen-bond donors (Lipinski definition) is 1. The third-order valence-electron chi connectivity index (χ3n) is 3.74. The van der Waals surface area contributed by atoms with Gasteiger partial charge in [-0.3, -0.25) is 0 Å². The second-order valence-electron chi connectivity index (χ2n) is 5.23. The lowest BCUT2D eigenvalue weighted by atomic mass is 10.1. The molecule has 0 radical (unpaired) electrons. The molecular weight excluding hydrogens is 310 g/mol. The second-order valence-corrected chi connectivity index (χ2v) is 5.23. The summed E-state index contributed by atoms with van der Waals surface area (Å²) in [5.74, 6) is 0.697. The zero-order valence-electron chi connectivity index (χ0n) is 13.6. The molecular formula is C17H17N3O4. The summed E-state index contributed by atoms with van der Waals surface area (Å²) >= 11 is 0. The number of carbonyl (C=O) groups is 1. The Hall–Kier alpha value is -3.09. The van der Waals surface area contributed by atoms with Crippen LogP contribution in [0, 0.1) is 6.92 Å². The Morgan fingerprint density at radius 1 is 1.04 bits per heavy atom. The minimum absolute atomic E-state index is 0.139. The fourth-order valence-electron chi connectivity index (χ4n) is 2.41. The molecule has 1 heterocycles. The first-order valence-electron chi connectivity index (χ1n) is 7.31. The van der Waals surface area contributed by atoms with E-state index >= 15 is 0 Å². The van der Waals surface area contributed by atoms with Crippen LogP contribution in [0.2, 0.25) is 0 Å². The van der Waals surface area contributed by atoms with Crippen LogP contribution in [-0.4, -0.2) is 35.6 Å². The van der Waals surface area contributed by atoms with Crippen LogP contribution < -0.4 is 9.47 Å². The van der Waals surface area contributed by atoms with Crippen molar-refractivity contribution in [3.8, 4) is 11.5 Å². The molecule has 3 aromatic rings. The molecule has 0 unspecified atom stereocenters. The molecule has 7 nitrogen and oxygen atoms in total. The molecule has 3 rings (SSSR count). The Morgan fingerprint density at radius 3 is 2.38 bits per heavy atom. The number of hydrogen-bond acceptors (Lipinski definition) is 6. The highest BCUT2D eigenvalue weighted by Gasteiger charge is 2.15. The smallest absolute Gasteiger partial charge is 0.338 e. The highest BCUT2D eigenvalue weighted by atomic mass is 16.5. The predicted octanol–water partition coefficient (Wildman–Crippen LogP) is 2.64. The Balaban J connectivity index is 1.76. The molecule has 0 spiro atoms. The Morgan fingerprint density at radius 2 is 1.71 bits per heavy atom. The van der Waals surface area contributed by atoms with Crippen molar-refractivity contribution in [2.75, 3.05) is 14.2 Å². The van der Waals surface area contributed by atoms with E-state index in [1.807, 2.05) is 25.1 Å². The van der Waals surface area contributed by atoms with E-state index in [1.54, 1.807) is 26.4 Å². The van der Waals surface area contributed by atoms with Gasteiger partial charge in [-0.2, -0.15) is 15.4 Å². The van der Waals surface area contributed by atoms with E-state index in [4.69, 9.17) is 14.2 Å². The number of rotatable bonds is 5. The van der Waals surface area contributed by atoms with Crippen molar-refractivity contribution in [3.63, 3.8) is 0 Å². The van der Waals surface area contributed by atoms with Gasteiger partial charge in [-0.25, -0.2) is 4.79 Å². The summed E-state index contributed by atoms with van der Waals surface area (Å²) in [5, 5.41) is 10.5. The van der Waals surface area contributed by atoms with E-state index in [9.17, 15) is 4.79 Å². The summed E-state index contributed by atoms with van der Waals surface area (Å²) in [7, 11) is 3.09. The Bertz CT molecular complexity index is 863. The first-order valence-corrected chi connectivity index (χ1v) is 7.31. The second kappa shape index (κ2) is 6.57. The molecule has 0 saturated carbocycles. The SMILES string of the molecule is COc1cc(C(=O)OCc2ccc3n[nH]nc3c2)cc(OC)c1C. The Kier molecular flexibility index (Phi) is 4.33. The number of nitrogens with one attached hydrogen (secondary N) is 1. The van der Waals surface area contributed by atoms with Crippen molar-refractivity contribution >= 4 is 17.0 Å². The quantitative estimate of drug-likeness (QED) is 0.725. The number of methoxy groups -OCH3 is 2. The number of esters is 1. The van der Waals surface area contributed by atoms with E-state index in [2.05, 4.69) is 15.4 Å². The minimum atomic E-state index is -0.452. The van der Waals surface area contributed by atoms with Gasteiger partial charge < -0.3 is 14.2 Å². The van der Waals surface area contributed by atoms with Crippen molar-refractivity contribution in [1.82, 2.24) is 15.4 Å². The Labute approximate surface area is 138 Å². The number of fused-ring (bicyclic) bond motifs is 1. The lowest BCUT2D eigenvalue weighted by molar-refractivity contribution is 0.0472. The number of carbonyl (C=O) groups excluding carboxylic acids is 1. The van der Waals surface area contributed by atoms with Crippen LogP contribution >= 0.6 is 0 Å². The average molecular weight is 327 g/mol. The first kappa shape index (κ1) is 15.8. The number of ether oxygens (including phenoxy) is 3. The van der Waals surface area contributed by atoms with E-state index in [0.717, 1.165) is 22.2 Å². The molecule has 124 valence electrons. The summed E-state index contributed by atoms with van der Waals surface area (Å²) < 4.78 is 15.9. The van der Waals surface area contributed by atoms with Crippen LogP contribution in [0.5, 0.6) is 11.5 Å². The minimum Gasteiger partial charge on any atom is -0.496 e. The van der Waals surface area contributed by atoms with Crippen LogP contribution in [0.3, 0.4) is 0 Å². The van der Waals surface area contributed by atoms with E-state index in [1.165, 1.54) is 0 Å². The molecule has 7 heteroatoms. The van der Waals surface area contributed by atoms with Gasteiger partial charge in [-0.15, -0.1) is 0 Å². The summed E-state index contributed by atoms with van der Waals surface area (Å²) in [5.41, 5.74) is 3.51. The third kappa shape index (κ3) is 3.01. The van der Waals surface area contributed by atoms with Gasteiger partial charge in [0.15, 0.2) is 0 Å². The molecule has 2 aromatic carbocycles. The van der Waals surface area contributed by atoms with Crippen LogP contribution in [0.1, 0.15) is 21.5 Å². The molecule has 0 amide bonds. The standard InChI is InChI=1S/C17H17N3O4/c1-10-15(22-2)7-12(8-16(10)23-3)17(21)24-9-11-4-5-13-14(6-11)19-20-18-13/h4-8H,9H2,1-3H3,(H,18,19,20). The number of H-pyrrole nitrogens is 1. The van der Waals surface area contributed by atoms with Gasteiger partial charge in [0.1, 0.15) is 29.1 Å². The lowest BCUT2D eigenvalue weighted by Crippen LogP contribution is -2.07. The molecule has 0 aliphatic rings. The van der Waals surface area contributed by atoms with Crippen molar-refractivity contribution < 1.29 is 19.0 Å². The lowest BCUT2D eigenvalue weighted by Gasteiger charge is -2.12. The van der Waals surface area contributed by atoms with Gasteiger partial charge >= 0.3 is 5.97 Å². The van der Waals surface area contributed by atoms with E-state index in [0.29, 0.717) is 17.1 Å². The maximum Gasteiger partial charge on any atom is 0.338 e. The van der Waals surface area contributed by atoms with Gasteiger partial charge in [0.2, 0.25) is 0 Å². The zero-order chi connectivity index (χ0) is 17.1. The first-order chi connectivity index (χ1) is 11.6. The van der Waals surface area contributed by atoms with Crippen LogP contribution in [-0.2, 0) is 11.3 Å². The molecule has 0 atom stereocenters. The molecule has 0 aliphatic carbocycles. The summed E-state index contributed by atoms with van der Waals surface area (Å²) in [4.78, 5) is 12.3. The van der Waals surface area contributed by atoms with Gasteiger partial charge in [0, 0.05) is 5.56 Å². The molecule has 0 fully saturated rings. The molecule has 1 aromatic heterocycles. The normalized spacial score (nSPS) is 10.6. The van der Waals surface area contributed by atoms with Crippen molar-refractivity contribution in [3.05, 3.63) is 47.0 Å². The number of nitrogens with zero attached hydrogens (tertiary/aromatic N) is 2. The van der Waals surface area contributed by atoms with Crippen molar-refractivity contribution in [1.29, 1.82) is 0 Å². The fourth-order valence-corrected chi connectivity index (χ4v) is 2.41. The van der Waals surface area contributed by atoms with E-state index < -0.39 is 5.97 Å². The summed E-state index contributed by atoms with van der Waals surface area (Å²) in [6.07, 6.45) is 0. The highest BCUT2D eigenvalue weighted by molar-refractivity contribution is 5.90. The molecule has 0 bridgehead atoms. The molecule has 0 aliphatic heterocycles. The third-order valence-corrected chi connectivity index (χ3v) is 3.74. The molecule has 1 N–H and O–H groups in total.